The molecule has 0 saturated heterocycles. The molecule has 15 heavy (non-hydrogen) atoms. The zero-order valence-corrected chi connectivity index (χ0v) is 7.64. The molecule has 0 atom stereocenters. The molecule has 0 aliphatic carbocycles. The van der Waals surface area contributed by atoms with E-state index < -0.39 is 0 Å². The lowest BCUT2D eigenvalue weighted by Gasteiger charge is -1.93. The summed E-state index contributed by atoms with van der Waals surface area (Å²) in [4.78, 5) is 4.19. The quantitative estimate of drug-likeness (QED) is 0.605. The second-order valence-electron chi connectivity index (χ2n) is 3.13. The molecule has 0 fully saturated rings. The molecule has 0 saturated carbocycles. The van der Waals surface area contributed by atoms with Crippen LogP contribution in [0.2, 0.25) is 0 Å². The van der Waals surface area contributed by atoms with Crippen LogP contribution in [0, 0.1) is 12.0 Å². The number of halogens is 1. The van der Waals surface area contributed by atoms with Gasteiger partial charge in [-0.05, 0) is 24.3 Å². The Morgan fingerprint density at radius 3 is 2.80 bits per heavy atom. The molecular formula is C11H6FN2O. The summed E-state index contributed by atoms with van der Waals surface area (Å²) in [6, 6.07) is 6.11. The first-order valence-electron chi connectivity index (χ1n) is 4.44. The van der Waals surface area contributed by atoms with Crippen LogP contribution in [0.3, 0.4) is 0 Å². The highest BCUT2D eigenvalue weighted by Crippen LogP contribution is 2.18. The van der Waals surface area contributed by atoms with E-state index in [4.69, 9.17) is 4.42 Å². The Balaban J connectivity index is 2.13. The molecule has 4 heteroatoms. The normalized spacial score (nSPS) is 11.0. The van der Waals surface area contributed by atoms with E-state index in [1.807, 2.05) is 0 Å². The van der Waals surface area contributed by atoms with E-state index in [1.165, 1.54) is 18.4 Å². The highest BCUT2D eigenvalue weighted by molar-refractivity contribution is 5.60. The first-order valence-corrected chi connectivity index (χ1v) is 4.44. The number of benzene rings is 1. The number of hydrogen-bond donors (Lipinski definition) is 0. The molecule has 0 aliphatic heterocycles. The van der Waals surface area contributed by atoms with E-state index in [9.17, 15) is 4.39 Å². The van der Waals surface area contributed by atoms with Crippen LogP contribution < -0.4 is 0 Å². The van der Waals surface area contributed by atoms with Crippen LogP contribution in [-0.4, -0.2) is 9.38 Å². The van der Waals surface area contributed by atoms with Gasteiger partial charge >= 0.3 is 5.84 Å². The third-order valence-electron chi connectivity index (χ3n) is 2.14. The van der Waals surface area contributed by atoms with Gasteiger partial charge in [0, 0.05) is 11.8 Å². The van der Waals surface area contributed by atoms with Gasteiger partial charge in [-0.25, -0.2) is 4.39 Å². The Labute approximate surface area is 84.8 Å². The number of imidazole rings is 1. The molecule has 1 radical (unpaired) electrons. The van der Waals surface area contributed by atoms with Crippen molar-refractivity contribution < 1.29 is 8.81 Å². The van der Waals surface area contributed by atoms with Crippen molar-refractivity contribution >= 4 is 5.84 Å². The van der Waals surface area contributed by atoms with Crippen molar-refractivity contribution in [2.24, 2.45) is 0 Å². The van der Waals surface area contributed by atoms with Gasteiger partial charge in [0.15, 0.2) is 0 Å². The van der Waals surface area contributed by atoms with E-state index in [2.05, 4.69) is 11.2 Å². The van der Waals surface area contributed by atoms with Gasteiger partial charge in [0.25, 0.3) is 0 Å². The molecule has 2 aromatic heterocycles. The van der Waals surface area contributed by atoms with E-state index in [0.29, 0.717) is 11.5 Å². The second-order valence-corrected chi connectivity index (χ2v) is 3.13. The summed E-state index contributed by atoms with van der Waals surface area (Å²) in [7, 11) is 0. The van der Waals surface area contributed by atoms with Gasteiger partial charge in [0.05, 0.1) is 0 Å². The fourth-order valence-electron chi connectivity index (χ4n) is 1.41. The Morgan fingerprint density at radius 1 is 1.27 bits per heavy atom. The van der Waals surface area contributed by atoms with E-state index in [-0.39, 0.29) is 5.82 Å². The third-order valence-corrected chi connectivity index (χ3v) is 2.14. The smallest absolute Gasteiger partial charge is 0.306 e. The predicted octanol–water partition coefficient (Wildman–Crippen LogP) is 2.53. The lowest BCUT2D eigenvalue weighted by Crippen LogP contribution is -1.78. The average Bonchev–Trinajstić information content (AvgIpc) is 2.78. The molecule has 0 bridgehead atoms. The van der Waals surface area contributed by atoms with Crippen molar-refractivity contribution in [1.82, 2.24) is 9.38 Å². The molecule has 3 nitrogen and oxygen atoms in total. The summed E-state index contributed by atoms with van der Waals surface area (Å²) in [6.45, 7) is 0. The minimum absolute atomic E-state index is 0.262. The molecule has 3 rings (SSSR count). The third kappa shape index (κ3) is 1.30. The van der Waals surface area contributed by atoms with Crippen LogP contribution in [0.5, 0.6) is 0 Å². The largest absolute Gasteiger partial charge is 0.432 e. The number of nitrogens with zero attached hydrogens (tertiary/aromatic N) is 2. The van der Waals surface area contributed by atoms with Gasteiger partial charge in [-0.15, -0.1) is 0 Å². The number of oxazole rings is 1. The van der Waals surface area contributed by atoms with Crippen molar-refractivity contribution in [2.45, 2.75) is 0 Å². The molecule has 2 heterocycles. The minimum Gasteiger partial charge on any atom is -0.432 e. The fraction of sp³-hybridized carbons (Fsp3) is 0. The summed E-state index contributed by atoms with van der Waals surface area (Å²) in [6.07, 6.45) is 6.25. The van der Waals surface area contributed by atoms with Gasteiger partial charge in [0.2, 0.25) is 0 Å². The maximum atomic E-state index is 12.7. The SMILES string of the molecule is Fc1ccc(-c2[c]n3ccoc3n2)cc1. The van der Waals surface area contributed by atoms with Crippen LogP contribution >= 0.6 is 0 Å². The van der Waals surface area contributed by atoms with Gasteiger partial charge in [-0.2, -0.15) is 4.98 Å². The molecular weight excluding hydrogens is 195 g/mol. The van der Waals surface area contributed by atoms with Crippen molar-refractivity contribution in [3.63, 3.8) is 0 Å². The minimum atomic E-state index is -0.262. The maximum Gasteiger partial charge on any atom is 0.306 e. The van der Waals surface area contributed by atoms with Crippen LogP contribution in [-0.2, 0) is 0 Å². The zero-order chi connectivity index (χ0) is 10.3. The van der Waals surface area contributed by atoms with E-state index in [1.54, 1.807) is 22.7 Å². The number of fused-ring (bicyclic) bond motifs is 1. The molecule has 0 N–H and O–H groups in total. The summed E-state index contributed by atoms with van der Waals surface area (Å²) < 4.78 is 19.4. The van der Waals surface area contributed by atoms with Crippen molar-refractivity contribution in [2.75, 3.05) is 0 Å². The van der Waals surface area contributed by atoms with E-state index in [0.717, 1.165) is 5.56 Å². The maximum absolute atomic E-state index is 12.7. The molecule has 0 spiro atoms. The lowest BCUT2D eigenvalue weighted by atomic mass is 10.2. The molecule has 0 unspecified atom stereocenters. The monoisotopic (exact) mass is 201 g/mol. The van der Waals surface area contributed by atoms with Crippen LogP contribution in [0.1, 0.15) is 0 Å². The molecule has 73 valence electrons. The molecule has 3 aromatic rings. The van der Waals surface area contributed by atoms with Crippen LogP contribution in [0.4, 0.5) is 4.39 Å². The second kappa shape index (κ2) is 2.95. The van der Waals surface area contributed by atoms with Gasteiger partial charge in [-0.3, -0.25) is 4.40 Å². The first kappa shape index (κ1) is 8.23. The summed E-state index contributed by atoms with van der Waals surface area (Å²) in [5.41, 5.74) is 1.46. The summed E-state index contributed by atoms with van der Waals surface area (Å²) in [5, 5.41) is 0. The fourth-order valence-corrected chi connectivity index (χ4v) is 1.41. The topological polar surface area (TPSA) is 30.4 Å². The van der Waals surface area contributed by atoms with Crippen molar-refractivity contribution in [1.29, 1.82) is 0 Å². The Bertz CT molecular complexity index is 566. The predicted molar refractivity (Wildman–Crippen MR) is 51.7 cm³/mol. The highest BCUT2D eigenvalue weighted by atomic mass is 19.1. The Kier molecular flexibility index (Phi) is 1.62. The highest BCUT2D eigenvalue weighted by Gasteiger charge is 2.06. The average molecular weight is 201 g/mol. The van der Waals surface area contributed by atoms with Gasteiger partial charge < -0.3 is 4.42 Å². The Morgan fingerprint density at radius 2 is 2.07 bits per heavy atom. The number of hydrogen-bond acceptors (Lipinski definition) is 2. The molecule has 0 amide bonds. The Hall–Kier alpha value is -2.10. The van der Waals surface area contributed by atoms with Crippen LogP contribution in [0.25, 0.3) is 17.1 Å². The van der Waals surface area contributed by atoms with Gasteiger partial charge in [0.1, 0.15) is 24.0 Å². The molecule has 1 aromatic carbocycles. The number of aromatic nitrogens is 2. The van der Waals surface area contributed by atoms with E-state index >= 15 is 0 Å². The molecule has 0 aliphatic rings. The number of rotatable bonds is 1. The van der Waals surface area contributed by atoms with Crippen molar-refractivity contribution in [3.8, 4) is 11.3 Å². The zero-order valence-electron chi connectivity index (χ0n) is 7.64. The summed E-state index contributed by atoms with van der Waals surface area (Å²) in [5.74, 6) is 0.218. The van der Waals surface area contributed by atoms with Gasteiger partial charge in [-0.1, -0.05) is 0 Å². The van der Waals surface area contributed by atoms with Crippen molar-refractivity contribution in [3.05, 3.63) is 48.7 Å². The standard InChI is InChI=1S/C11H6FN2O/c12-9-3-1-8(2-4-9)10-7-14-5-6-15-11(14)13-10/h1-6H. The first-order chi connectivity index (χ1) is 7.33. The van der Waals surface area contributed by atoms with Crippen LogP contribution in [0.15, 0.2) is 41.1 Å². The lowest BCUT2D eigenvalue weighted by molar-refractivity contribution is 0.596. The summed E-state index contributed by atoms with van der Waals surface area (Å²) >= 11 is 0.